The molecule has 8 heteroatoms. The van der Waals surface area contributed by atoms with Gasteiger partial charge in [-0.1, -0.05) is 23.9 Å². The normalized spacial score (nSPS) is 10.7. The molecule has 1 amide bonds. The zero-order valence-electron chi connectivity index (χ0n) is 14.2. The molecular formula is C17H18N6OS. The number of hydrogen-bond acceptors (Lipinski definition) is 6. The molecule has 0 aliphatic heterocycles. The van der Waals surface area contributed by atoms with Crippen LogP contribution in [0.1, 0.15) is 17.2 Å². The van der Waals surface area contributed by atoms with Crippen molar-refractivity contribution in [2.45, 2.75) is 25.9 Å². The van der Waals surface area contributed by atoms with E-state index in [-0.39, 0.29) is 11.7 Å². The molecule has 25 heavy (non-hydrogen) atoms. The molecule has 1 aromatic carbocycles. The van der Waals surface area contributed by atoms with Crippen molar-refractivity contribution in [3.8, 4) is 11.4 Å². The Morgan fingerprint density at radius 1 is 1.12 bits per heavy atom. The summed E-state index contributed by atoms with van der Waals surface area (Å²) in [5, 5.41) is 10.4. The van der Waals surface area contributed by atoms with Gasteiger partial charge in [-0.3, -0.25) is 9.89 Å². The van der Waals surface area contributed by atoms with Crippen LogP contribution < -0.4 is 5.32 Å². The number of nitrogens with one attached hydrogen (secondary N) is 2. The Bertz CT molecular complexity index is 887. The number of aromatic nitrogens is 5. The maximum absolute atomic E-state index is 12.2. The topological polar surface area (TPSA) is 96.5 Å². The summed E-state index contributed by atoms with van der Waals surface area (Å²) in [7, 11) is 0. The molecule has 0 unspecified atom stereocenters. The van der Waals surface area contributed by atoms with E-state index < -0.39 is 0 Å². The van der Waals surface area contributed by atoms with Crippen LogP contribution in [0.3, 0.4) is 0 Å². The van der Waals surface area contributed by atoms with Crippen LogP contribution in [0.15, 0.2) is 35.5 Å². The van der Waals surface area contributed by atoms with E-state index in [1.54, 1.807) is 0 Å². The zero-order chi connectivity index (χ0) is 17.8. The lowest BCUT2D eigenvalue weighted by Gasteiger charge is -2.06. The molecule has 0 aliphatic rings. The first-order valence-corrected chi connectivity index (χ1v) is 8.72. The fraction of sp³-hybridized carbons (Fsp3) is 0.235. The van der Waals surface area contributed by atoms with Crippen LogP contribution in [0.5, 0.6) is 0 Å². The summed E-state index contributed by atoms with van der Waals surface area (Å²) in [6, 6.07) is 9.34. The van der Waals surface area contributed by atoms with E-state index in [1.807, 2.05) is 51.1 Å². The van der Waals surface area contributed by atoms with Gasteiger partial charge in [-0.15, -0.1) is 0 Å². The number of benzene rings is 1. The molecule has 0 saturated heterocycles. The second kappa shape index (κ2) is 7.43. The van der Waals surface area contributed by atoms with E-state index in [4.69, 9.17) is 0 Å². The van der Waals surface area contributed by atoms with Gasteiger partial charge in [0.25, 0.3) is 0 Å². The van der Waals surface area contributed by atoms with Crippen LogP contribution in [0, 0.1) is 20.8 Å². The van der Waals surface area contributed by atoms with Crippen molar-refractivity contribution in [3.63, 3.8) is 0 Å². The second-order valence-electron chi connectivity index (χ2n) is 5.60. The number of hydrogen-bond donors (Lipinski definition) is 2. The van der Waals surface area contributed by atoms with Crippen LogP contribution in [0.4, 0.5) is 5.69 Å². The van der Waals surface area contributed by atoms with E-state index >= 15 is 0 Å². The molecule has 3 rings (SSSR count). The van der Waals surface area contributed by atoms with Gasteiger partial charge in [0.05, 0.1) is 5.75 Å². The fourth-order valence-electron chi connectivity index (χ4n) is 2.29. The molecule has 0 fully saturated rings. The number of H-pyrrole nitrogens is 1. The molecule has 2 aromatic heterocycles. The average Bonchev–Trinajstić information content (AvgIpc) is 2.99. The highest BCUT2D eigenvalue weighted by Crippen LogP contribution is 2.20. The van der Waals surface area contributed by atoms with Crippen molar-refractivity contribution in [1.29, 1.82) is 0 Å². The molecular weight excluding hydrogens is 336 g/mol. The minimum absolute atomic E-state index is 0.115. The first-order chi connectivity index (χ1) is 12.0. The highest BCUT2D eigenvalue weighted by molar-refractivity contribution is 7.99. The first-order valence-electron chi connectivity index (χ1n) is 7.74. The molecule has 2 heterocycles. The van der Waals surface area contributed by atoms with Gasteiger partial charge < -0.3 is 5.32 Å². The van der Waals surface area contributed by atoms with Crippen molar-refractivity contribution in [2.75, 3.05) is 11.1 Å². The van der Waals surface area contributed by atoms with Crippen molar-refractivity contribution >= 4 is 23.4 Å². The number of carbonyl (C=O) groups is 1. The van der Waals surface area contributed by atoms with Gasteiger partial charge in [-0.05, 0) is 39.0 Å². The summed E-state index contributed by atoms with van der Waals surface area (Å²) in [4.78, 5) is 25.1. The van der Waals surface area contributed by atoms with Gasteiger partial charge in [-0.2, -0.15) is 5.10 Å². The lowest BCUT2D eigenvalue weighted by atomic mass is 10.2. The Balaban J connectivity index is 1.63. The molecule has 0 atom stereocenters. The Kier molecular flexibility index (Phi) is 5.08. The predicted octanol–water partition coefficient (Wildman–Crippen LogP) is 2.92. The number of thioether (sulfide) groups is 1. The lowest BCUT2D eigenvalue weighted by molar-refractivity contribution is -0.113. The molecule has 0 aliphatic carbocycles. The largest absolute Gasteiger partial charge is 0.325 e. The summed E-state index contributed by atoms with van der Waals surface area (Å²) in [5.74, 6) is 1.48. The highest BCUT2D eigenvalue weighted by Gasteiger charge is 2.09. The summed E-state index contributed by atoms with van der Waals surface area (Å²) in [5.41, 5.74) is 3.33. The van der Waals surface area contributed by atoms with Crippen molar-refractivity contribution in [2.24, 2.45) is 0 Å². The Hall–Kier alpha value is -2.74. The van der Waals surface area contributed by atoms with Crippen molar-refractivity contribution in [3.05, 3.63) is 47.5 Å². The Morgan fingerprint density at radius 2 is 1.88 bits per heavy atom. The van der Waals surface area contributed by atoms with Crippen molar-refractivity contribution in [1.82, 2.24) is 25.1 Å². The van der Waals surface area contributed by atoms with Crippen LogP contribution >= 0.6 is 11.8 Å². The van der Waals surface area contributed by atoms with E-state index in [2.05, 4.69) is 30.5 Å². The van der Waals surface area contributed by atoms with E-state index in [0.29, 0.717) is 16.7 Å². The summed E-state index contributed by atoms with van der Waals surface area (Å²) >= 11 is 1.32. The lowest BCUT2D eigenvalue weighted by Crippen LogP contribution is -2.14. The fourth-order valence-corrected chi connectivity index (χ4v) is 3.04. The van der Waals surface area contributed by atoms with E-state index in [0.717, 1.165) is 22.8 Å². The maximum atomic E-state index is 12.2. The molecule has 0 saturated carbocycles. The average molecular weight is 354 g/mol. The number of amides is 1. The molecule has 128 valence electrons. The molecule has 0 spiro atoms. The number of aromatic amines is 1. The molecule has 7 nitrogen and oxygen atoms in total. The SMILES string of the molecule is Cc1cc(C)nc(SCC(=O)Nc2cccc(-c3n[nH]c(C)n3)c2)n1. The molecule has 2 N–H and O–H groups in total. The number of rotatable bonds is 5. The van der Waals surface area contributed by atoms with Crippen LogP contribution in [0.25, 0.3) is 11.4 Å². The minimum Gasteiger partial charge on any atom is -0.325 e. The van der Waals surface area contributed by atoms with Crippen LogP contribution in [-0.2, 0) is 4.79 Å². The third kappa shape index (κ3) is 4.63. The van der Waals surface area contributed by atoms with E-state index in [9.17, 15) is 4.79 Å². The van der Waals surface area contributed by atoms with Gasteiger partial charge in [0.2, 0.25) is 5.91 Å². The number of aryl methyl sites for hydroxylation is 3. The quantitative estimate of drug-likeness (QED) is 0.540. The summed E-state index contributed by atoms with van der Waals surface area (Å²) in [6.45, 7) is 5.67. The Morgan fingerprint density at radius 3 is 2.56 bits per heavy atom. The number of anilines is 1. The first kappa shape index (κ1) is 17.1. The summed E-state index contributed by atoms with van der Waals surface area (Å²) < 4.78 is 0. The Labute approximate surface area is 149 Å². The highest BCUT2D eigenvalue weighted by atomic mass is 32.2. The summed E-state index contributed by atoms with van der Waals surface area (Å²) in [6.07, 6.45) is 0. The third-order valence-electron chi connectivity index (χ3n) is 3.30. The number of carbonyl (C=O) groups excluding carboxylic acids is 1. The standard InChI is InChI=1S/C17H18N6OS/c1-10-7-11(2)19-17(18-10)25-9-15(24)21-14-6-4-5-13(8-14)16-20-12(3)22-23-16/h4-8H,9H2,1-3H3,(H,21,24)(H,20,22,23). The van der Waals surface area contributed by atoms with E-state index in [1.165, 1.54) is 11.8 Å². The zero-order valence-corrected chi connectivity index (χ0v) is 15.0. The molecule has 0 radical (unpaired) electrons. The smallest absolute Gasteiger partial charge is 0.234 e. The van der Waals surface area contributed by atoms with Crippen LogP contribution in [0.2, 0.25) is 0 Å². The second-order valence-corrected chi connectivity index (χ2v) is 6.54. The third-order valence-corrected chi connectivity index (χ3v) is 4.14. The van der Waals surface area contributed by atoms with Crippen molar-refractivity contribution < 1.29 is 4.79 Å². The van der Waals surface area contributed by atoms with Gasteiger partial charge in [0.1, 0.15) is 5.82 Å². The van der Waals surface area contributed by atoms with Gasteiger partial charge >= 0.3 is 0 Å². The van der Waals surface area contributed by atoms with Crippen LogP contribution in [-0.4, -0.2) is 36.8 Å². The predicted molar refractivity (Wildman–Crippen MR) is 97.4 cm³/mol. The van der Waals surface area contributed by atoms with Gasteiger partial charge in [0.15, 0.2) is 11.0 Å². The maximum Gasteiger partial charge on any atom is 0.234 e. The minimum atomic E-state index is -0.115. The number of nitrogens with zero attached hydrogens (tertiary/aromatic N) is 4. The molecule has 3 aromatic rings. The van der Waals surface area contributed by atoms with Gasteiger partial charge in [0, 0.05) is 22.6 Å². The monoisotopic (exact) mass is 354 g/mol. The van der Waals surface area contributed by atoms with Gasteiger partial charge in [-0.25, -0.2) is 15.0 Å². The molecule has 0 bridgehead atoms.